The summed E-state index contributed by atoms with van der Waals surface area (Å²) in [5.41, 5.74) is 0.348. The largest absolute Gasteiger partial charge is 0.478 e. The summed E-state index contributed by atoms with van der Waals surface area (Å²) in [6.45, 7) is 4.50. The minimum atomic E-state index is -3.63. The van der Waals surface area contributed by atoms with Crippen LogP contribution in [0.5, 0.6) is 0 Å². The summed E-state index contributed by atoms with van der Waals surface area (Å²) in [6.07, 6.45) is 2.89. The van der Waals surface area contributed by atoms with Gasteiger partial charge in [0.1, 0.15) is 0 Å². The van der Waals surface area contributed by atoms with Crippen molar-refractivity contribution in [2.24, 2.45) is 5.92 Å². The molecule has 0 aromatic heterocycles. The maximum atomic E-state index is 12.8. The number of benzene rings is 1. The smallest absolute Gasteiger partial charge is 0.335 e. The van der Waals surface area contributed by atoms with E-state index in [4.69, 9.17) is 5.11 Å². The third kappa shape index (κ3) is 3.44. The molecular weight excluding hydrogens is 290 g/mol. The molecule has 1 aliphatic rings. The highest BCUT2D eigenvalue weighted by Crippen LogP contribution is 2.32. The second-order valence-corrected chi connectivity index (χ2v) is 7.45. The van der Waals surface area contributed by atoms with Crippen molar-refractivity contribution in [3.05, 3.63) is 29.3 Å². The van der Waals surface area contributed by atoms with Crippen LogP contribution in [0.2, 0.25) is 0 Å². The molecule has 1 aromatic carbocycles. The molecule has 5 nitrogen and oxygen atoms in total. The quantitative estimate of drug-likeness (QED) is 0.839. The number of aromatic carboxylic acids is 1. The summed E-state index contributed by atoms with van der Waals surface area (Å²) in [7, 11) is -3.63. The van der Waals surface area contributed by atoms with E-state index in [9.17, 15) is 13.2 Å². The molecule has 1 aliphatic carbocycles. The van der Waals surface area contributed by atoms with Gasteiger partial charge in [-0.3, -0.25) is 0 Å². The van der Waals surface area contributed by atoms with E-state index < -0.39 is 16.0 Å². The van der Waals surface area contributed by atoms with E-state index in [2.05, 4.69) is 0 Å². The van der Waals surface area contributed by atoms with Crippen LogP contribution in [0.3, 0.4) is 0 Å². The summed E-state index contributed by atoms with van der Waals surface area (Å²) in [5.74, 6) is -0.650. The molecule has 0 spiro atoms. The number of sulfonamides is 1. The van der Waals surface area contributed by atoms with E-state index in [1.807, 2.05) is 6.92 Å². The highest BCUT2D eigenvalue weighted by Gasteiger charge is 2.32. The zero-order chi connectivity index (χ0) is 15.6. The molecule has 0 aliphatic heterocycles. The first-order valence-electron chi connectivity index (χ1n) is 7.21. The van der Waals surface area contributed by atoms with Gasteiger partial charge in [-0.05, 0) is 49.8 Å². The van der Waals surface area contributed by atoms with Crippen molar-refractivity contribution in [2.45, 2.75) is 38.0 Å². The molecule has 0 atom stereocenters. The third-order valence-corrected chi connectivity index (χ3v) is 5.77. The van der Waals surface area contributed by atoms with Crippen molar-refractivity contribution in [3.63, 3.8) is 0 Å². The van der Waals surface area contributed by atoms with E-state index in [1.165, 1.54) is 22.5 Å². The van der Waals surface area contributed by atoms with Crippen molar-refractivity contribution in [3.8, 4) is 0 Å². The lowest BCUT2D eigenvalue weighted by molar-refractivity contribution is 0.0696. The normalized spacial score (nSPS) is 15.4. The Hall–Kier alpha value is -1.40. The first-order valence-corrected chi connectivity index (χ1v) is 8.65. The van der Waals surface area contributed by atoms with Gasteiger partial charge in [-0.2, -0.15) is 4.31 Å². The Morgan fingerprint density at radius 3 is 2.57 bits per heavy atom. The van der Waals surface area contributed by atoms with Crippen molar-refractivity contribution < 1.29 is 18.3 Å². The third-order valence-electron chi connectivity index (χ3n) is 3.76. The molecule has 0 radical (unpaired) electrons. The second-order valence-electron chi connectivity index (χ2n) is 5.54. The predicted octanol–water partition coefficient (Wildman–Crippen LogP) is 2.50. The monoisotopic (exact) mass is 311 g/mol. The molecular formula is C15H21NO4S. The Balaban J connectivity index is 2.41. The van der Waals surface area contributed by atoms with Crippen LogP contribution in [0.25, 0.3) is 0 Å². The van der Waals surface area contributed by atoms with Gasteiger partial charge in [0.2, 0.25) is 10.0 Å². The van der Waals surface area contributed by atoms with Gasteiger partial charge in [-0.25, -0.2) is 13.2 Å². The molecule has 0 heterocycles. The van der Waals surface area contributed by atoms with Crippen molar-refractivity contribution in [1.29, 1.82) is 0 Å². The van der Waals surface area contributed by atoms with Gasteiger partial charge in [0, 0.05) is 13.1 Å². The molecule has 2 rings (SSSR count). The van der Waals surface area contributed by atoms with Crippen LogP contribution in [-0.2, 0) is 10.0 Å². The van der Waals surface area contributed by atoms with E-state index in [1.54, 1.807) is 6.92 Å². The lowest BCUT2D eigenvalue weighted by Crippen LogP contribution is -2.34. The van der Waals surface area contributed by atoms with Crippen LogP contribution in [0.1, 0.15) is 42.1 Å². The van der Waals surface area contributed by atoms with Gasteiger partial charge in [0.25, 0.3) is 0 Å². The highest BCUT2D eigenvalue weighted by molar-refractivity contribution is 7.89. The number of hydrogen-bond acceptors (Lipinski definition) is 3. The number of rotatable bonds is 7. The molecule has 0 saturated heterocycles. The number of nitrogens with zero attached hydrogens (tertiary/aromatic N) is 1. The SMILES string of the molecule is CCCN(CC1CC1)S(=O)(=O)c1cccc(C(=O)O)c1C. The number of carboxylic acids is 1. The maximum Gasteiger partial charge on any atom is 0.335 e. The fourth-order valence-corrected chi connectivity index (χ4v) is 4.27. The Bertz CT molecular complexity index is 635. The topological polar surface area (TPSA) is 74.7 Å². The zero-order valence-electron chi connectivity index (χ0n) is 12.4. The number of carbonyl (C=O) groups is 1. The highest BCUT2D eigenvalue weighted by atomic mass is 32.2. The molecule has 1 saturated carbocycles. The molecule has 6 heteroatoms. The number of hydrogen-bond donors (Lipinski definition) is 1. The maximum absolute atomic E-state index is 12.8. The first-order chi connectivity index (χ1) is 9.87. The first kappa shape index (κ1) is 16.0. The summed E-state index contributed by atoms with van der Waals surface area (Å²) < 4.78 is 27.1. The predicted molar refractivity (Wildman–Crippen MR) is 79.9 cm³/mol. The van der Waals surface area contributed by atoms with Crippen LogP contribution in [0.15, 0.2) is 23.1 Å². The second kappa shape index (κ2) is 6.15. The van der Waals surface area contributed by atoms with E-state index >= 15 is 0 Å². The molecule has 1 aromatic rings. The average molecular weight is 311 g/mol. The van der Waals surface area contributed by atoms with Crippen LogP contribution in [0.4, 0.5) is 0 Å². The van der Waals surface area contributed by atoms with Gasteiger partial charge in [0.15, 0.2) is 0 Å². The molecule has 0 bridgehead atoms. The minimum Gasteiger partial charge on any atom is -0.478 e. The Morgan fingerprint density at radius 2 is 2.05 bits per heavy atom. The molecule has 1 N–H and O–H groups in total. The standard InChI is InChI=1S/C15H21NO4S/c1-3-9-16(10-12-7-8-12)21(19,20)14-6-4-5-13(11(14)2)15(17)18/h4-6,12H,3,7-10H2,1-2H3,(H,17,18). The van der Waals surface area contributed by atoms with Crippen molar-refractivity contribution in [1.82, 2.24) is 4.31 Å². The fourth-order valence-electron chi connectivity index (χ4n) is 2.41. The molecule has 0 unspecified atom stereocenters. The zero-order valence-corrected chi connectivity index (χ0v) is 13.2. The molecule has 0 amide bonds. The summed E-state index contributed by atoms with van der Waals surface area (Å²) >= 11 is 0. The van der Waals surface area contributed by atoms with Gasteiger partial charge in [0.05, 0.1) is 10.5 Å². The Kier molecular flexibility index (Phi) is 4.68. The lowest BCUT2D eigenvalue weighted by atomic mass is 10.1. The molecule has 116 valence electrons. The number of carboxylic acid groups (broad SMARTS) is 1. The molecule has 1 fully saturated rings. The fraction of sp³-hybridized carbons (Fsp3) is 0.533. The minimum absolute atomic E-state index is 0.0407. The van der Waals surface area contributed by atoms with Crippen molar-refractivity contribution >= 4 is 16.0 Å². The van der Waals surface area contributed by atoms with Crippen LogP contribution in [0, 0.1) is 12.8 Å². The molecule has 21 heavy (non-hydrogen) atoms. The van der Waals surface area contributed by atoms with Crippen LogP contribution >= 0.6 is 0 Å². The van der Waals surface area contributed by atoms with Gasteiger partial charge in [-0.1, -0.05) is 13.0 Å². The van der Waals surface area contributed by atoms with Crippen molar-refractivity contribution in [2.75, 3.05) is 13.1 Å². The Labute approximate surface area is 125 Å². The Morgan fingerprint density at radius 1 is 1.38 bits per heavy atom. The van der Waals surface area contributed by atoms with Gasteiger partial charge < -0.3 is 5.11 Å². The van der Waals surface area contributed by atoms with Crippen LogP contribution < -0.4 is 0 Å². The van der Waals surface area contributed by atoms with E-state index in [0.717, 1.165) is 19.3 Å². The average Bonchev–Trinajstić information content (AvgIpc) is 3.22. The van der Waals surface area contributed by atoms with Gasteiger partial charge >= 0.3 is 5.97 Å². The van der Waals surface area contributed by atoms with E-state index in [0.29, 0.717) is 24.6 Å². The summed E-state index contributed by atoms with van der Waals surface area (Å²) in [4.78, 5) is 11.3. The summed E-state index contributed by atoms with van der Waals surface area (Å²) in [5, 5.41) is 9.14. The van der Waals surface area contributed by atoms with Crippen LogP contribution in [-0.4, -0.2) is 36.9 Å². The summed E-state index contributed by atoms with van der Waals surface area (Å²) in [6, 6.07) is 4.42. The van der Waals surface area contributed by atoms with Gasteiger partial charge in [-0.15, -0.1) is 0 Å². The van der Waals surface area contributed by atoms with E-state index in [-0.39, 0.29) is 10.5 Å². The lowest BCUT2D eigenvalue weighted by Gasteiger charge is -2.23.